The Morgan fingerprint density at radius 3 is 1.55 bits per heavy atom. The Morgan fingerprint density at radius 1 is 1.18 bits per heavy atom. The maximum absolute atomic E-state index is 5.52. The van der Waals surface area contributed by atoms with Crippen molar-refractivity contribution in [3.05, 3.63) is 0 Å². The molecule has 1 fully saturated rings. The van der Waals surface area contributed by atoms with E-state index in [0.29, 0.717) is 7.82 Å². The molecule has 0 aromatic carbocycles. The van der Waals surface area contributed by atoms with Crippen LogP contribution in [0.4, 0.5) is 0 Å². The minimum absolute atomic E-state index is 0.603. The van der Waals surface area contributed by atoms with E-state index >= 15 is 0 Å². The Bertz CT molecular complexity index is 155. The van der Waals surface area contributed by atoms with Crippen LogP contribution in [-0.4, -0.2) is 34.9 Å². The van der Waals surface area contributed by atoms with Crippen molar-refractivity contribution in [1.29, 1.82) is 0 Å². The third-order valence-electron chi connectivity index (χ3n) is 2.24. The molecule has 0 bridgehead atoms. The van der Waals surface area contributed by atoms with Crippen LogP contribution in [0.25, 0.3) is 0 Å². The Morgan fingerprint density at radius 2 is 1.55 bits per heavy atom. The smallest absolute Gasteiger partial charge is 0.278 e. The molecule has 0 saturated carbocycles. The SMILES string of the molecule is CCS1(OC)(OC)(OC)[Si]S1. The van der Waals surface area contributed by atoms with Crippen molar-refractivity contribution in [3.63, 3.8) is 0 Å². The maximum Gasteiger partial charge on any atom is 0.278 e. The van der Waals surface area contributed by atoms with Gasteiger partial charge < -0.3 is 12.5 Å². The van der Waals surface area contributed by atoms with Crippen molar-refractivity contribution in [2.24, 2.45) is 0 Å². The van der Waals surface area contributed by atoms with Gasteiger partial charge in [0.25, 0.3) is 7.82 Å². The molecule has 0 aliphatic carbocycles. The van der Waals surface area contributed by atoms with E-state index in [1.54, 1.807) is 31.6 Å². The highest BCUT2D eigenvalue weighted by Gasteiger charge is 2.74. The molecule has 0 aromatic heterocycles. The molecule has 68 valence electrons. The van der Waals surface area contributed by atoms with Crippen molar-refractivity contribution in [2.75, 3.05) is 27.1 Å². The number of hydrogen-bond donors (Lipinski definition) is 0. The van der Waals surface area contributed by atoms with Crippen LogP contribution in [0.5, 0.6) is 0 Å². The summed E-state index contributed by atoms with van der Waals surface area (Å²) in [6, 6.07) is 0. The predicted molar refractivity (Wildman–Crippen MR) is 52.5 cm³/mol. The molecule has 1 heterocycles. The Labute approximate surface area is 72.5 Å². The zero-order valence-corrected chi connectivity index (χ0v) is 9.88. The molecule has 0 atom stereocenters. The highest BCUT2D eigenvalue weighted by molar-refractivity contribution is 9.42. The van der Waals surface area contributed by atoms with Crippen molar-refractivity contribution >= 4 is 25.7 Å². The lowest BCUT2D eigenvalue weighted by Crippen LogP contribution is -2.29. The Kier molecular flexibility index (Phi) is 1.96. The van der Waals surface area contributed by atoms with Gasteiger partial charge in [0.1, 0.15) is 0 Å². The lowest BCUT2D eigenvalue weighted by Gasteiger charge is -2.59. The van der Waals surface area contributed by atoms with Gasteiger partial charge in [-0.3, -0.25) is 0 Å². The molecule has 2 radical (unpaired) electrons. The van der Waals surface area contributed by atoms with Gasteiger partial charge in [-0.2, -0.15) is 0 Å². The van der Waals surface area contributed by atoms with Crippen LogP contribution in [-0.2, 0) is 12.5 Å². The summed E-state index contributed by atoms with van der Waals surface area (Å²) in [5.74, 6) is 0.812. The van der Waals surface area contributed by atoms with Gasteiger partial charge in [-0.25, -0.2) is 0 Å². The van der Waals surface area contributed by atoms with Gasteiger partial charge in [-0.05, 0) is 7.62 Å². The van der Waals surface area contributed by atoms with Crippen LogP contribution in [0.2, 0.25) is 0 Å². The van der Waals surface area contributed by atoms with Gasteiger partial charge in [0.15, 0.2) is 0 Å². The van der Waals surface area contributed by atoms with Gasteiger partial charge in [0.05, 0.1) is 21.3 Å². The second-order valence-electron chi connectivity index (χ2n) is 2.31. The van der Waals surface area contributed by atoms with Crippen LogP contribution in [0.1, 0.15) is 6.92 Å². The van der Waals surface area contributed by atoms with E-state index < -0.39 is 7.62 Å². The molecule has 1 aliphatic rings. The third-order valence-corrected chi connectivity index (χ3v) is 20.7. The van der Waals surface area contributed by atoms with E-state index in [0.717, 1.165) is 5.75 Å². The average Bonchev–Trinajstić information content (AvgIpc) is 2.82. The van der Waals surface area contributed by atoms with Gasteiger partial charge in [0.2, 0.25) is 0 Å². The van der Waals surface area contributed by atoms with Crippen LogP contribution in [0.15, 0.2) is 0 Å². The second kappa shape index (κ2) is 2.18. The van der Waals surface area contributed by atoms with Crippen molar-refractivity contribution < 1.29 is 12.5 Å². The van der Waals surface area contributed by atoms with Crippen LogP contribution >= 0.6 is 17.9 Å². The summed E-state index contributed by atoms with van der Waals surface area (Å²) in [6.07, 6.45) is 0. The van der Waals surface area contributed by atoms with E-state index in [-0.39, 0.29) is 0 Å². The summed E-state index contributed by atoms with van der Waals surface area (Å²) in [5.41, 5.74) is 0. The first kappa shape index (κ1) is 9.88. The fourth-order valence-corrected chi connectivity index (χ4v) is 15.7. The summed E-state index contributed by atoms with van der Waals surface area (Å²) in [6.45, 7) is 2.05. The second-order valence-corrected chi connectivity index (χ2v) is 17.2. The van der Waals surface area contributed by atoms with E-state index in [4.69, 9.17) is 12.5 Å². The van der Waals surface area contributed by atoms with Gasteiger partial charge in [-0.15, -0.1) is 0 Å². The third kappa shape index (κ3) is 0.941. The molecular weight excluding hydrogens is 200 g/mol. The molecule has 0 N–H and O–H groups in total. The zero-order chi connectivity index (χ0) is 8.65. The number of hydrogen-bond acceptors (Lipinski definition) is 4. The Balaban J connectivity index is 3.04. The first-order chi connectivity index (χ1) is 5.06. The molecular formula is C5H14O3S2Si. The van der Waals surface area contributed by atoms with E-state index in [9.17, 15) is 0 Å². The minimum atomic E-state index is -2.90. The van der Waals surface area contributed by atoms with Crippen LogP contribution in [0, 0.1) is 0 Å². The zero-order valence-electron chi connectivity index (χ0n) is 7.25. The monoisotopic (exact) mass is 214 g/mol. The largest absolute Gasteiger partial charge is 0.313 e. The maximum atomic E-state index is 5.52. The topological polar surface area (TPSA) is 27.7 Å². The van der Waals surface area contributed by atoms with E-state index in [1.807, 2.05) is 6.92 Å². The molecule has 1 rings (SSSR count). The van der Waals surface area contributed by atoms with Gasteiger partial charge in [0, 0.05) is 5.75 Å². The van der Waals surface area contributed by atoms with Crippen LogP contribution in [0.3, 0.4) is 0 Å². The molecule has 0 unspecified atom stereocenters. The molecule has 0 amide bonds. The molecule has 0 spiro atoms. The normalized spacial score (nSPS) is 36.0. The fourth-order valence-electron chi connectivity index (χ4n) is 0.945. The molecule has 1 saturated heterocycles. The fraction of sp³-hybridized carbons (Fsp3) is 1.00. The highest BCUT2D eigenvalue weighted by Crippen LogP contribution is 3.10. The quantitative estimate of drug-likeness (QED) is 0.405. The summed E-state index contributed by atoms with van der Waals surface area (Å²) in [7, 11) is 4.41. The van der Waals surface area contributed by atoms with Crippen molar-refractivity contribution in [2.45, 2.75) is 6.92 Å². The summed E-state index contributed by atoms with van der Waals surface area (Å²) in [5, 5.41) is 0. The predicted octanol–water partition coefficient (Wildman–Crippen LogP) is 1.76. The standard InChI is InChI=1S/C5H14O3S2Si/c1-5-10(6-2,7-3,8-4)9-11-10/h5H2,1-4H3. The van der Waals surface area contributed by atoms with Gasteiger partial charge in [-0.1, -0.05) is 17.2 Å². The van der Waals surface area contributed by atoms with Crippen LogP contribution < -0.4 is 0 Å². The first-order valence-electron chi connectivity index (χ1n) is 3.30. The van der Waals surface area contributed by atoms with Crippen molar-refractivity contribution in [3.8, 4) is 0 Å². The van der Waals surface area contributed by atoms with E-state index in [1.165, 1.54) is 0 Å². The molecule has 1 aliphatic heterocycles. The summed E-state index contributed by atoms with van der Waals surface area (Å²) < 4.78 is 16.6. The van der Waals surface area contributed by atoms with Crippen molar-refractivity contribution in [1.82, 2.24) is 0 Å². The molecule has 6 heteroatoms. The lowest BCUT2D eigenvalue weighted by atomic mass is 11.0. The summed E-state index contributed by atoms with van der Waals surface area (Å²) in [4.78, 5) is 0. The highest BCUT2D eigenvalue weighted by atomic mass is 33.5. The minimum Gasteiger partial charge on any atom is -0.313 e. The number of rotatable bonds is 4. The molecule has 11 heavy (non-hydrogen) atoms. The molecule has 3 nitrogen and oxygen atoms in total. The lowest BCUT2D eigenvalue weighted by molar-refractivity contribution is 0.235. The summed E-state index contributed by atoms with van der Waals surface area (Å²) >= 11 is 0. The molecule has 0 aromatic rings. The van der Waals surface area contributed by atoms with Gasteiger partial charge >= 0.3 is 0 Å². The first-order valence-corrected chi connectivity index (χ1v) is 9.47. The van der Waals surface area contributed by atoms with E-state index in [2.05, 4.69) is 0 Å². The average molecular weight is 214 g/mol. The Hall–Kier alpha value is 0.797.